The highest BCUT2D eigenvalue weighted by Gasteiger charge is 2.11. The van der Waals surface area contributed by atoms with Crippen molar-refractivity contribution >= 4 is 0 Å². The molecule has 0 aliphatic heterocycles. The maximum Gasteiger partial charge on any atom is 0.121 e. The first kappa shape index (κ1) is 13.0. The van der Waals surface area contributed by atoms with Crippen molar-refractivity contribution < 1.29 is 9.47 Å². The van der Waals surface area contributed by atoms with E-state index in [1.54, 1.807) is 14.2 Å². The van der Waals surface area contributed by atoms with Gasteiger partial charge in [-0.25, -0.2) is 0 Å². The molecule has 0 aliphatic rings. The van der Waals surface area contributed by atoms with E-state index in [4.69, 9.17) is 9.47 Å². The number of likely N-dealkylation sites (N-methyl/N-ethyl adjacent to an activating group) is 1. The fraction of sp³-hybridized carbons (Fsp3) is 0.538. The Morgan fingerprint density at radius 1 is 1.31 bits per heavy atom. The second-order valence-electron chi connectivity index (χ2n) is 3.94. The number of benzene rings is 1. The highest BCUT2D eigenvalue weighted by Crippen LogP contribution is 2.23. The normalized spacial score (nSPS) is 12.5. The van der Waals surface area contributed by atoms with E-state index >= 15 is 0 Å². The van der Waals surface area contributed by atoms with Crippen molar-refractivity contribution in [3.05, 3.63) is 29.3 Å². The van der Waals surface area contributed by atoms with E-state index in [1.165, 1.54) is 5.56 Å². The third-order valence-corrected chi connectivity index (χ3v) is 2.71. The molecule has 1 rings (SSSR count). The van der Waals surface area contributed by atoms with E-state index in [-0.39, 0.29) is 0 Å². The van der Waals surface area contributed by atoms with Crippen LogP contribution in [0.4, 0.5) is 0 Å². The summed E-state index contributed by atoms with van der Waals surface area (Å²) in [5.41, 5.74) is 2.45. The van der Waals surface area contributed by atoms with Crippen molar-refractivity contribution in [3.8, 4) is 5.75 Å². The quantitative estimate of drug-likeness (QED) is 0.799. The number of ether oxygens (including phenoxy) is 2. The molecule has 1 aromatic rings. The van der Waals surface area contributed by atoms with E-state index < -0.39 is 0 Å². The minimum absolute atomic E-state index is 0.389. The van der Waals surface area contributed by atoms with Gasteiger partial charge in [0.1, 0.15) is 5.75 Å². The molecule has 0 saturated carbocycles. The van der Waals surface area contributed by atoms with Crippen LogP contribution in [0, 0.1) is 6.92 Å². The van der Waals surface area contributed by atoms with E-state index in [9.17, 15) is 0 Å². The van der Waals surface area contributed by atoms with Crippen LogP contribution in [-0.4, -0.2) is 34.4 Å². The predicted octanol–water partition coefficient (Wildman–Crippen LogP) is 1.95. The molecule has 16 heavy (non-hydrogen) atoms. The maximum atomic E-state index is 5.25. The summed E-state index contributed by atoms with van der Waals surface area (Å²) in [6.07, 6.45) is 0. The van der Waals surface area contributed by atoms with Crippen LogP contribution in [0.3, 0.4) is 0 Å². The molecule has 1 aromatic carbocycles. The Hall–Kier alpha value is -1.06. The van der Waals surface area contributed by atoms with Crippen LogP contribution in [0.15, 0.2) is 18.2 Å². The molecule has 1 N–H and O–H groups in total. The van der Waals surface area contributed by atoms with E-state index in [2.05, 4.69) is 24.4 Å². The van der Waals surface area contributed by atoms with Crippen LogP contribution >= 0.6 is 0 Å². The second kappa shape index (κ2) is 6.51. The average Bonchev–Trinajstić information content (AvgIpc) is 2.28. The van der Waals surface area contributed by atoms with Crippen molar-refractivity contribution in [2.75, 3.05) is 34.4 Å². The van der Waals surface area contributed by atoms with Gasteiger partial charge < -0.3 is 14.8 Å². The summed E-state index contributed by atoms with van der Waals surface area (Å²) in [5.74, 6) is 1.32. The summed E-state index contributed by atoms with van der Waals surface area (Å²) < 4.78 is 10.5. The zero-order valence-electron chi connectivity index (χ0n) is 10.5. The molecule has 0 spiro atoms. The maximum absolute atomic E-state index is 5.25. The summed E-state index contributed by atoms with van der Waals surface area (Å²) in [5, 5.41) is 3.19. The van der Waals surface area contributed by atoms with Gasteiger partial charge >= 0.3 is 0 Å². The highest BCUT2D eigenvalue weighted by molar-refractivity contribution is 5.37. The van der Waals surface area contributed by atoms with Crippen LogP contribution < -0.4 is 10.1 Å². The molecule has 0 aliphatic carbocycles. The first-order valence-electron chi connectivity index (χ1n) is 5.51. The van der Waals surface area contributed by atoms with Crippen LogP contribution in [0.1, 0.15) is 17.0 Å². The SMILES string of the molecule is CNCC(COC)c1ccc(OC)c(C)c1. The van der Waals surface area contributed by atoms with E-state index in [0.29, 0.717) is 5.92 Å². The molecule has 1 unspecified atom stereocenters. The van der Waals surface area contributed by atoms with Crippen molar-refractivity contribution in [3.63, 3.8) is 0 Å². The van der Waals surface area contributed by atoms with Crippen molar-refractivity contribution in [1.29, 1.82) is 0 Å². The molecule has 3 nitrogen and oxygen atoms in total. The molecule has 0 radical (unpaired) electrons. The number of rotatable bonds is 6. The number of hydrogen-bond acceptors (Lipinski definition) is 3. The van der Waals surface area contributed by atoms with Gasteiger partial charge in [0.05, 0.1) is 13.7 Å². The molecule has 0 amide bonds. The zero-order valence-corrected chi connectivity index (χ0v) is 10.5. The molecule has 0 bridgehead atoms. The lowest BCUT2D eigenvalue weighted by molar-refractivity contribution is 0.178. The molecule has 0 aromatic heterocycles. The molecule has 3 heteroatoms. The Balaban J connectivity index is 2.87. The van der Waals surface area contributed by atoms with Gasteiger partial charge in [0.2, 0.25) is 0 Å². The van der Waals surface area contributed by atoms with Crippen LogP contribution in [0.25, 0.3) is 0 Å². The van der Waals surface area contributed by atoms with Gasteiger partial charge in [-0.3, -0.25) is 0 Å². The smallest absolute Gasteiger partial charge is 0.121 e. The number of nitrogens with one attached hydrogen (secondary N) is 1. The molecule has 1 atom stereocenters. The fourth-order valence-electron chi connectivity index (χ4n) is 1.88. The topological polar surface area (TPSA) is 30.5 Å². The molecular formula is C13H21NO2. The lowest BCUT2D eigenvalue weighted by atomic mass is 9.98. The number of hydrogen-bond donors (Lipinski definition) is 1. The summed E-state index contributed by atoms with van der Waals surface area (Å²) in [7, 11) is 5.39. The first-order chi connectivity index (χ1) is 7.72. The highest BCUT2D eigenvalue weighted by atomic mass is 16.5. The summed E-state index contributed by atoms with van der Waals surface area (Å²) >= 11 is 0. The average molecular weight is 223 g/mol. The third kappa shape index (κ3) is 3.22. The molecular weight excluding hydrogens is 202 g/mol. The van der Waals surface area contributed by atoms with Crippen molar-refractivity contribution in [2.45, 2.75) is 12.8 Å². The number of aryl methyl sites for hydroxylation is 1. The molecule has 90 valence electrons. The van der Waals surface area contributed by atoms with Gasteiger partial charge in [0.15, 0.2) is 0 Å². The third-order valence-electron chi connectivity index (χ3n) is 2.71. The van der Waals surface area contributed by atoms with Gasteiger partial charge in [0.25, 0.3) is 0 Å². The van der Waals surface area contributed by atoms with Crippen LogP contribution in [-0.2, 0) is 4.74 Å². The van der Waals surface area contributed by atoms with Gasteiger partial charge in [-0.15, -0.1) is 0 Å². The summed E-state index contributed by atoms with van der Waals surface area (Å²) in [6.45, 7) is 3.71. The Morgan fingerprint density at radius 3 is 2.56 bits per heavy atom. The minimum Gasteiger partial charge on any atom is -0.496 e. The van der Waals surface area contributed by atoms with Gasteiger partial charge in [-0.05, 0) is 31.2 Å². The Kier molecular flexibility index (Phi) is 5.29. The van der Waals surface area contributed by atoms with Gasteiger partial charge in [-0.2, -0.15) is 0 Å². The predicted molar refractivity (Wildman–Crippen MR) is 66.3 cm³/mol. The Morgan fingerprint density at radius 2 is 2.06 bits per heavy atom. The van der Waals surface area contributed by atoms with Crippen LogP contribution in [0.2, 0.25) is 0 Å². The Bertz CT molecular complexity index is 320. The first-order valence-corrected chi connectivity index (χ1v) is 5.51. The molecule has 0 saturated heterocycles. The monoisotopic (exact) mass is 223 g/mol. The largest absolute Gasteiger partial charge is 0.496 e. The minimum atomic E-state index is 0.389. The number of methoxy groups -OCH3 is 2. The Labute approximate surface area is 97.8 Å². The summed E-state index contributed by atoms with van der Waals surface area (Å²) in [4.78, 5) is 0. The van der Waals surface area contributed by atoms with E-state index in [1.807, 2.05) is 13.1 Å². The second-order valence-corrected chi connectivity index (χ2v) is 3.94. The standard InChI is InChI=1S/C13H21NO2/c1-10-7-11(5-6-13(10)16-4)12(8-14-2)9-15-3/h5-7,12,14H,8-9H2,1-4H3. The summed E-state index contributed by atoms with van der Waals surface area (Å²) in [6, 6.07) is 6.29. The van der Waals surface area contributed by atoms with Crippen molar-refractivity contribution in [1.82, 2.24) is 5.32 Å². The lowest BCUT2D eigenvalue weighted by Gasteiger charge is -2.17. The lowest BCUT2D eigenvalue weighted by Crippen LogP contribution is -2.21. The molecule has 0 heterocycles. The van der Waals surface area contributed by atoms with Gasteiger partial charge in [0, 0.05) is 19.6 Å². The van der Waals surface area contributed by atoms with E-state index in [0.717, 1.165) is 24.5 Å². The molecule has 0 fully saturated rings. The zero-order chi connectivity index (χ0) is 12.0. The van der Waals surface area contributed by atoms with Crippen LogP contribution in [0.5, 0.6) is 5.75 Å². The fourth-order valence-corrected chi connectivity index (χ4v) is 1.88. The van der Waals surface area contributed by atoms with Crippen molar-refractivity contribution in [2.24, 2.45) is 0 Å². The van der Waals surface area contributed by atoms with Gasteiger partial charge in [-0.1, -0.05) is 12.1 Å².